The molecular weight excluding hydrogens is 326 g/mol. The summed E-state index contributed by atoms with van der Waals surface area (Å²) in [5, 5.41) is 5.02. The number of furan rings is 1. The van der Waals surface area contributed by atoms with Crippen molar-refractivity contribution in [1.29, 1.82) is 0 Å². The molecule has 0 saturated heterocycles. The van der Waals surface area contributed by atoms with E-state index in [2.05, 4.69) is 23.5 Å². The first-order valence-electron chi connectivity index (χ1n) is 7.37. The van der Waals surface area contributed by atoms with Crippen LogP contribution in [-0.4, -0.2) is 11.7 Å². The quantitative estimate of drug-likeness (QED) is 0.626. The van der Waals surface area contributed by atoms with Gasteiger partial charge in [-0.15, -0.1) is 23.1 Å². The third kappa shape index (κ3) is 4.74. The molecule has 1 aromatic carbocycles. The van der Waals surface area contributed by atoms with E-state index in [0.29, 0.717) is 13.0 Å². The molecule has 2 heterocycles. The molecule has 0 fully saturated rings. The number of thiophene rings is 1. The Morgan fingerprint density at radius 1 is 1.17 bits per heavy atom. The molecule has 3 nitrogen and oxygen atoms in total. The van der Waals surface area contributed by atoms with Gasteiger partial charge in [0, 0.05) is 32.9 Å². The summed E-state index contributed by atoms with van der Waals surface area (Å²) in [5.41, 5.74) is 1.06. The van der Waals surface area contributed by atoms with Gasteiger partial charge >= 0.3 is 0 Å². The summed E-state index contributed by atoms with van der Waals surface area (Å²) in [5.74, 6) is 1.73. The van der Waals surface area contributed by atoms with Crippen molar-refractivity contribution in [2.75, 3.05) is 5.75 Å². The Morgan fingerprint density at radius 3 is 2.83 bits per heavy atom. The summed E-state index contributed by atoms with van der Waals surface area (Å²) in [6.45, 7) is 0.570. The lowest BCUT2D eigenvalue weighted by Gasteiger charge is -2.04. The molecule has 1 N–H and O–H groups in total. The van der Waals surface area contributed by atoms with E-state index in [-0.39, 0.29) is 5.91 Å². The first-order chi connectivity index (χ1) is 11.3. The fourth-order valence-electron chi connectivity index (χ4n) is 2.10. The Morgan fingerprint density at radius 2 is 2.04 bits per heavy atom. The number of hydrogen-bond donors (Lipinski definition) is 1. The number of carbonyl (C=O) groups is 1. The Kier molecular flexibility index (Phi) is 5.56. The van der Waals surface area contributed by atoms with E-state index in [4.69, 9.17) is 4.42 Å². The van der Waals surface area contributed by atoms with Gasteiger partial charge in [-0.05, 0) is 30.3 Å². The van der Waals surface area contributed by atoms with Crippen molar-refractivity contribution >= 4 is 29.0 Å². The Labute approximate surface area is 143 Å². The number of amides is 1. The molecule has 3 rings (SSSR count). The van der Waals surface area contributed by atoms with Crippen molar-refractivity contribution in [3.63, 3.8) is 0 Å². The molecule has 0 aliphatic heterocycles. The maximum atomic E-state index is 11.9. The van der Waals surface area contributed by atoms with Crippen molar-refractivity contribution < 1.29 is 9.21 Å². The molecule has 118 valence electrons. The second kappa shape index (κ2) is 8.04. The number of benzene rings is 1. The van der Waals surface area contributed by atoms with Crippen LogP contribution in [0.1, 0.15) is 11.3 Å². The van der Waals surface area contributed by atoms with Crippen molar-refractivity contribution in [3.05, 3.63) is 65.1 Å². The van der Waals surface area contributed by atoms with Gasteiger partial charge in [-0.1, -0.05) is 18.2 Å². The minimum atomic E-state index is 0.0846. The topological polar surface area (TPSA) is 42.2 Å². The molecule has 0 radical (unpaired) electrons. The summed E-state index contributed by atoms with van der Waals surface area (Å²) in [6, 6.07) is 16.0. The number of hydrogen-bond acceptors (Lipinski definition) is 4. The summed E-state index contributed by atoms with van der Waals surface area (Å²) < 4.78 is 5.37. The van der Waals surface area contributed by atoms with E-state index < -0.39 is 0 Å². The molecule has 0 aliphatic carbocycles. The van der Waals surface area contributed by atoms with Crippen molar-refractivity contribution in [2.45, 2.75) is 17.9 Å². The lowest BCUT2D eigenvalue weighted by molar-refractivity contribution is -0.120. The fourth-order valence-corrected chi connectivity index (χ4v) is 3.78. The van der Waals surface area contributed by atoms with E-state index in [1.54, 1.807) is 29.4 Å². The minimum Gasteiger partial charge on any atom is -0.464 e. The van der Waals surface area contributed by atoms with Crippen LogP contribution in [0.25, 0.3) is 11.3 Å². The van der Waals surface area contributed by atoms with Crippen molar-refractivity contribution in [3.8, 4) is 11.3 Å². The van der Waals surface area contributed by atoms with E-state index in [0.717, 1.165) is 22.0 Å². The Bertz CT molecular complexity index is 735. The van der Waals surface area contributed by atoms with Crippen LogP contribution >= 0.6 is 23.1 Å². The van der Waals surface area contributed by atoms with Gasteiger partial charge in [-0.25, -0.2) is 0 Å². The Balaban J connectivity index is 1.41. The molecular formula is C18H17NO2S2. The van der Waals surface area contributed by atoms with Crippen LogP contribution < -0.4 is 5.32 Å². The van der Waals surface area contributed by atoms with Crippen LogP contribution in [-0.2, 0) is 11.3 Å². The molecule has 0 unspecified atom stereocenters. The van der Waals surface area contributed by atoms with Crippen LogP contribution in [0.3, 0.4) is 0 Å². The third-order valence-corrected chi connectivity index (χ3v) is 5.21. The lowest BCUT2D eigenvalue weighted by Crippen LogP contribution is -2.22. The predicted octanol–water partition coefficient (Wildman–Crippen LogP) is 4.81. The number of rotatable bonds is 7. The van der Waals surface area contributed by atoms with E-state index in [1.165, 1.54) is 4.90 Å². The van der Waals surface area contributed by atoms with Gasteiger partial charge in [-0.3, -0.25) is 4.79 Å². The van der Waals surface area contributed by atoms with Crippen LogP contribution in [0, 0.1) is 0 Å². The second-order valence-electron chi connectivity index (χ2n) is 4.97. The molecule has 0 bridgehead atoms. The largest absolute Gasteiger partial charge is 0.464 e. The van der Waals surface area contributed by atoms with Gasteiger partial charge in [-0.2, -0.15) is 0 Å². The smallest absolute Gasteiger partial charge is 0.221 e. The molecule has 0 aliphatic rings. The van der Waals surface area contributed by atoms with Crippen LogP contribution in [0.2, 0.25) is 0 Å². The molecule has 3 aromatic rings. The van der Waals surface area contributed by atoms with Crippen LogP contribution in [0.5, 0.6) is 0 Å². The third-order valence-electron chi connectivity index (χ3n) is 3.26. The predicted molar refractivity (Wildman–Crippen MR) is 95.7 cm³/mol. The summed E-state index contributed by atoms with van der Waals surface area (Å²) in [7, 11) is 0. The average molecular weight is 343 g/mol. The molecule has 1 amide bonds. The standard InChI is InChI=1S/C18H17NO2S2/c20-18(8-10-22-15-5-2-1-3-6-15)19-12-16-11-14(13-23-16)17-7-4-9-21-17/h1-7,9,11,13H,8,10,12H2,(H,19,20). The van der Waals surface area contributed by atoms with Crippen molar-refractivity contribution in [2.24, 2.45) is 0 Å². The zero-order chi connectivity index (χ0) is 15.9. The number of nitrogens with one attached hydrogen (secondary N) is 1. The normalized spacial score (nSPS) is 10.6. The van der Waals surface area contributed by atoms with Gasteiger partial charge in [0.15, 0.2) is 0 Å². The monoisotopic (exact) mass is 343 g/mol. The second-order valence-corrected chi connectivity index (χ2v) is 7.13. The molecule has 5 heteroatoms. The Hall–Kier alpha value is -1.98. The highest BCUT2D eigenvalue weighted by atomic mass is 32.2. The molecule has 0 atom stereocenters. The van der Waals surface area contributed by atoms with Crippen LogP contribution in [0.15, 0.2) is 69.5 Å². The highest BCUT2D eigenvalue weighted by Crippen LogP contribution is 2.25. The lowest BCUT2D eigenvalue weighted by atomic mass is 10.2. The molecule has 23 heavy (non-hydrogen) atoms. The van der Waals surface area contributed by atoms with Gasteiger partial charge < -0.3 is 9.73 Å². The highest BCUT2D eigenvalue weighted by molar-refractivity contribution is 7.99. The maximum Gasteiger partial charge on any atom is 0.221 e. The first-order valence-corrected chi connectivity index (χ1v) is 9.23. The van der Waals surface area contributed by atoms with Gasteiger partial charge in [0.2, 0.25) is 5.91 Å². The van der Waals surface area contributed by atoms with Gasteiger partial charge in [0.1, 0.15) is 5.76 Å². The van der Waals surface area contributed by atoms with E-state index in [9.17, 15) is 4.79 Å². The molecule has 2 aromatic heterocycles. The zero-order valence-electron chi connectivity index (χ0n) is 12.5. The van der Waals surface area contributed by atoms with Gasteiger partial charge in [0.25, 0.3) is 0 Å². The fraction of sp³-hybridized carbons (Fsp3) is 0.167. The summed E-state index contributed by atoms with van der Waals surface area (Å²) >= 11 is 3.33. The highest BCUT2D eigenvalue weighted by Gasteiger charge is 2.06. The number of carbonyl (C=O) groups excluding carboxylic acids is 1. The molecule has 0 spiro atoms. The SMILES string of the molecule is O=C(CCSc1ccccc1)NCc1cc(-c2ccco2)cs1. The minimum absolute atomic E-state index is 0.0846. The number of thioether (sulfide) groups is 1. The van der Waals surface area contributed by atoms with E-state index >= 15 is 0 Å². The average Bonchev–Trinajstić information content (AvgIpc) is 3.25. The van der Waals surface area contributed by atoms with Crippen molar-refractivity contribution in [1.82, 2.24) is 5.32 Å². The zero-order valence-corrected chi connectivity index (χ0v) is 14.2. The summed E-state index contributed by atoms with van der Waals surface area (Å²) in [6.07, 6.45) is 2.19. The molecule has 0 saturated carbocycles. The van der Waals surface area contributed by atoms with Crippen LogP contribution in [0.4, 0.5) is 0 Å². The van der Waals surface area contributed by atoms with E-state index in [1.807, 2.05) is 35.7 Å². The summed E-state index contributed by atoms with van der Waals surface area (Å²) in [4.78, 5) is 14.2. The first kappa shape index (κ1) is 15.9. The maximum absolute atomic E-state index is 11.9. The van der Waals surface area contributed by atoms with Gasteiger partial charge in [0.05, 0.1) is 12.8 Å².